The fourth-order valence-corrected chi connectivity index (χ4v) is 13.6. The number of hydrogen-bond acceptors (Lipinski definition) is 21. The molecule has 7 rings (SSSR count). The van der Waals surface area contributed by atoms with Gasteiger partial charge in [-0.05, 0) is 112 Å². The molecule has 22 N–H and O–H groups in total. The normalized spacial score (nSPS) is 16.0. The van der Waals surface area contributed by atoms with Gasteiger partial charge in [-0.3, -0.25) is 91.1 Å². The molecule has 0 radical (unpaired) electrons. The van der Waals surface area contributed by atoms with Crippen LogP contribution in [0.15, 0.2) is 85.2 Å². The fourth-order valence-electron chi connectivity index (χ4n) is 13.6. The van der Waals surface area contributed by atoms with Crippen LogP contribution < -0.4 is 69.1 Å². The minimum atomic E-state index is -2.10. The van der Waals surface area contributed by atoms with E-state index < -0.39 is 268 Å². The second-order valence-electron chi connectivity index (χ2n) is 29.8. The molecular formula is C79H100N16O27. The quantitative estimate of drug-likeness (QED) is 0.0187. The minimum absolute atomic E-state index is 0.0894. The van der Waals surface area contributed by atoms with Crippen molar-refractivity contribution < 1.29 is 132 Å². The number of nitrogens with one attached hydrogen (secondary N) is 15. The van der Waals surface area contributed by atoms with Gasteiger partial charge in [0.2, 0.25) is 82.7 Å². The van der Waals surface area contributed by atoms with Crippen molar-refractivity contribution >= 4 is 140 Å². The van der Waals surface area contributed by atoms with Crippen molar-refractivity contribution in [1.29, 1.82) is 0 Å². The molecular weight excluding hydrogens is 1600 g/mol. The Kier molecular flexibility index (Phi) is 35.7. The molecule has 122 heavy (non-hydrogen) atoms. The van der Waals surface area contributed by atoms with Crippen LogP contribution >= 0.6 is 0 Å². The molecule has 3 aromatic carbocycles. The summed E-state index contributed by atoms with van der Waals surface area (Å²) in [5.41, 5.74) is 2.76. The van der Waals surface area contributed by atoms with Crippen LogP contribution in [0.1, 0.15) is 134 Å². The number of hydrogen-bond donors (Lipinski definition) is 22. The van der Waals surface area contributed by atoms with E-state index in [0.29, 0.717) is 44.9 Å². The average Bonchev–Trinajstić information content (AvgIpc) is 1.67. The van der Waals surface area contributed by atoms with Gasteiger partial charge in [-0.15, -0.1) is 0 Å². The number of para-hydroxylation sites is 2. The van der Waals surface area contributed by atoms with Gasteiger partial charge in [0, 0.05) is 98.5 Å². The lowest BCUT2D eigenvalue weighted by atomic mass is 9.99. The Balaban J connectivity index is 1.05. The Hall–Kier alpha value is -14.1. The lowest BCUT2D eigenvalue weighted by molar-refractivity contribution is -0.142. The van der Waals surface area contributed by atoms with Crippen LogP contribution in [0.25, 0.3) is 21.8 Å². The number of aromatic nitrogens is 2. The number of amides is 14. The average molecular weight is 1710 g/mol. The topological polar surface area (TPSA) is 674 Å². The first kappa shape index (κ1) is 95.1. The Morgan fingerprint density at radius 1 is 0.426 bits per heavy atom. The molecule has 14 amide bonds. The summed E-state index contributed by atoms with van der Waals surface area (Å²) < 4.78 is 0. The molecule has 5 aromatic rings. The largest absolute Gasteiger partial charge is 0.508 e. The van der Waals surface area contributed by atoms with Gasteiger partial charge >= 0.3 is 35.8 Å². The molecule has 2 aromatic heterocycles. The maximum atomic E-state index is 14.8. The Bertz CT molecular complexity index is 4720. The summed E-state index contributed by atoms with van der Waals surface area (Å²) in [6.45, 7) is 3.15. The van der Waals surface area contributed by atoms with Crippen molar-refractivity contribution in [3.05, 3.63) is 102 Å². The van der Waals surface area contributed by atoms with E-state index in [9.17, 15) is 132 Å². The highest BCUT2D eigenvalue weighted by Crippen LogP contribution is 2.24. The fraction of sp³-hybridized carbons (Fsp3) is 0.468. The molecule has 12 unspecified atom stereocenters. The number of aromatic hydroxyl groups is 1. The third-order valence-electron chi connectivity index (χ3n) is 20.0. The number of aromatic amines is 2. The van der Waals surface area contributed by atoms with Gasteiger partial charge < -0.3 is 120 Å². The van der Waals surface area contributed by atoms with Crippen molar-refractivity contribution in [3.63, 3.8) is 0 Å². The minimum Gasteiger partial charge on any atom is -0.508 e. The SMILES string of the molecule is CC(C)CC(NC(=O)C(Cc1c[nH]c2ccccc12)NC(=O)C1CCCN1C(=O)CNC(=O)C1CCC(=O)N1)C(=O)NC(CCC(=O)O)C(=O)NC(CCC(=O)O)C(=O)NC(CCC(=O)O)C(=O)NC(CCC(=O)O)C(=O)NC(CCC(=O)O)C(=O)NC(C)C(=O)NC(Cc1ccc(O)cc1)C(=O)NCC(=O)NC(Cc1c[nH]c2ccccc12)C(=O)O. The molecule has 2 fully saturated rings. The van der Waals surface area contributed by atoms with E-state index in [4.69, 9.17) is 0 Å². The number of aliphatic carboxylic acids is 6. The van der Waals surface area contributed by atoms with Crippen molar-refractivity contribution in [3.8, 4) is 5.75 Å². The summed E-state index contributed by atoms with van der Waals surface area (Å²) in [7, 11) is 0. The lowest BCUT2D eigenvalue weighted by Gasteiger charge is -2.29. The highest BCUT2D eigenvalue weighted by Gasteiger charge is 2.41. The molecule has 0 aliphatic carbocycles. The molecule has 2 saturated heterocycles. The third-order valence-corrected chi connectivity index (χ3v) is 20.0. The molecule has 0 spiro atoms. The summed E-state index contributed by atoms with van der Waals surface area (Å²) in [4.78, 5) is 275. The number of likely N-dealkylation sites (tertiary alicyclic amines) is 1. The van der Waals surface area contributed by atoms with Crippen LogP contribution in [0.5, 0.6) is 5.75 Å². The van der Waals surface area contributed by atoms with E-state index in [1.54, 1.807) is 74.8 Å². The Morgan fingerprint density at radius 2 is 0.836 bits per heavy atom. The van der Waals surface area contributed by atoms with Crippen LogP contribution in [0, 0.1) is 5.92 Å². The van der Waals surface area contributed by atoms with Gasteiger partial charge in [0.1, 0.15) is 78.3 Å². The molecule has 12 atom stereocenters. The zero-order chi connectivity index (χ0) is 89.6. The molecule has 43 heteroatoms. The van der Waals surface area contributed by atoms with Crippen LogP contribution in [-0.4, -0.2) is 261 Å². The summed E-state index contributed by atoms with van der Waals surface area (Å²) in [6, 6.07) is -0.756. The van der Waals surface area contributed by atoms with Gasteiger partial charge in [-0.2, -0.15) is 0 Å². The number of rotatable bonds is 49. The summed E-state index contributed by atoms with van der Waals surface area (Å²) in [5.74, 6) is -24.3. The van der Waals surface area contributed by atoms with E-state index in [1.165, 1.54) is 29.2 Å². The highest BCUT2D eigenvalue weighted by atomic mass is 16.4. The first-order valence-electron chi connectivity index (χ1n) is 39.2. The number of H-pyrrole nitrogens is 2. The van der Waals surface area contributed by atoms with E-state index >= 15 is 0 Å². The predicted octanol–water partition coefficient (Wildman–Crippen LogP) is -2.79. The number of carboxylic acids is 6. The van der Waals surface area contributed by atoms with Gasteiger partial charge in [-0.25, -0.2) is 4.79 Å². The number of carboxylic acid groups (broad SMARTS) is 6. The molecule has 0 saturated carbocycles. The Morgan fingerprint density at radius 3 is 1.27 bits per heavy atom. The summed E-state index contributed by atoms with van der Waals surface area (Å²) >= 11 is 0. The van der Waals surface area contributed by atoms with Crippen LogP contribution in [0.2, 0.25) is 0 Å². The molecule has 2 aliphatic rings. The molecule has 4 heterocycles. The highest BCUT2D eigenvalue weighted by molar-refractivity contribution is 6.01. The van der Waals surface area contributed by atoms with Crippen molar-refractivity contribution in [2.75, 3.05) is 19.6 Å². The standard InChI is InChI=1S/C79H100N16O27/c1-39(2)31-55(93-77(119)57(33-42-35-80-47-11-6-4-9-45(42)47)94-78(120)59-13-8-30-95(59)62(99)38-83-69(111)49-18-24-60(97)85-49)76(118)91-54(23-29-67(108)109)75(117)90-53(22-28-66(106)107)74(116)89-52(21-27-65(104)105)73(115)88-51(20-26-64(102)103)72(114)87-50(19-25-63(100)101)71(113)84-40(3)68(110)92-56(32-41-14-16-44(96)17-15-41)70(112)82-37-61(98)86-58(79(121)122)34-43-36-81-48-12-7-5-10-46(43)48/h4-7,9-12,14-17,35-36,39-40,49-59,80-81,96H,8,13,18-34,37-38H2,1-3H3,(H,82,112)(H,83,111)(H,84,113)(H,85,97)(H,86,98)(H,87,114)(H,88,115)(H,89,116)(H,90,117)(H,91,118)(H,92,110)(H,93,119)(H,94,120)(H,100,101)(H,102,103)(H,104,105)(H,106,107)(H,108,109)(H,121,122). The van der Waals surface area contributed by atoms with E-state index in [1.807, 2.05) is 0 Å². The maximum Gasteiger partial charge on any atom is 0.326 e. The second-order valence-corrected chi connectivity index (χ2v) is 29.8. The third kappa shape index (κ3) is 29.8. The first-order valence-corrected chi connectivity index (χ1v) is 39.2. The smallest absolute Gasteiger partial charge is 0.326 e. The Labute approximate surface area is 695 Å². The summed E-state index contributed by atoms with van der Waals surface area (Å²) in [6.07, 6.45) is -5.59. The van der Waals surface area contributed by atoms with Gasteiger partial charge in [0.05, 0.1) is 13.1 Å². The van der Waals surface area contributed by atoms with Crippen molar-refractivity contribution in [2.24, 2.45) is 5.92 Å². The zero-order valence-electron chi connectivity index (χ0n) is 66.7. The molecule has 0 bridgehead atoms. The second kappa shape index (κ2) is 45.8. The number of fused-ring (bicyclic) bond motifs is 2. The molecule has 43 nitrogen and oxygen atoms in total. The van der Waals surface area contributed by atoms with Crippen molar-refractivity contribution in [1.82, 2.24) is 84.0 Å². The number of nitrogens with zero attached hydrogens (tertiary/aromatic N) is 1. The first-order chi connectivity index (χ1) is 57.8. The van der Waals surface area contributed by atoms with Crippen LogP contribution in [-0.2, 0) is 115 Å². The van der Waals surface area contributed by atoms with Crippen LogP contribution in [0.3, 0.4) is 0 Å². The summed E-state index contributed by atoms with van der Waals surface area (Å²) in [5, 5.41) is 101. The number of phenols is 1. The van der Waals surface area contributed by atoms with Gasteiger partial charge in [-0.1, -0.05) is 62.4 Å². The maximum absolute atomic E-state index is 14.8. The van der Waals surface area contributed by atoms with Gasteiger partial charge in [0.15, 0.2) is 0 Å². The number of carbonyl (C=O) groups excluding carboxylic acids is 14. The number of benzene rings is 3. The van der Waals surface area contributed by atoms with E-state index in [2.05, 4.69) is 79.1 Å². The van der Waals surface area contributed by atoms with Gasteiger partial charge in [0.25, 0.3) is 0 Å². The predicted molar refractivity (Wildman–Crippen MR) is 424 cm³/mol. The lowest BCUT2D eigenvalue weighted by Crippen LogP contribution is -2.61. The van der Waals surface area contributed by atoms with E-state index in [0.717, 1.165) is 6.92 Å². The molecule has 2 aliphatic heterocycles. The molecule has 658 valence electrons. The van der Waals surface area contributed by atoms with Crippen molar-refractivity contribution in [2.45, 2.75) is 209 Å². The monoisotopic (exact) mass is 1700 g/mol. The van der Waals surface area contributed by atoms with Crippen LogP contribution in [0.4, 0.5) is 0 Å². The zero-order valence-corrected chi connectivity index (χ0v) is 66.7. The number of phenolic OH excluding ortho intramolecular Hbond substituents is 1. The number of carbonyl (C=O) groups is 20. The van der Waals surface area contributed by atoms with E-state index in [-0.39, 0.29) is 63.1 Å².